The quantitative estimate of drug-likeness (QED) is 0.585. The fraction of sp³-hybridized carbons (Fsp3) is 0.200. The van der Waals surface area contributed by atoms with Crippen molar-refractivity contribution < 1.29 is 5.11 Å². The first-order valence-electron chi connectivity index (χ1n) is 3.78. The van der Waals surface area contributed by atoms with Crippen LogP contribution in [0.1, 0.15) is 18.2 Å². The zero-order valence-corrected chi connectivity index (χ0v) is 7.15. The Kier molecular flexibility index (Phi) is 3.03. The van der Waals surface area contributed by atoms with Crippen LogP contribution in [-0.2, 0) is 0 Å². The molecule has 1 heterocycles. The van der Waals surface area contributed by atoms with Crippen LogP contribution in [0.3, 0.4) is 0 Å². The minimum Gasteiger partial charge on any atom is -0.381 e. The number of aromatic nitrogens is 1. The Labute approximate surface area is 76.7 Å². The summed E-state index contributed by atoms with van der Waals surface area (Å²) in [6.07, 6.45) is 0.845. The van der Waals surface area contributed by atoms with E-state index in [1.54, 1.807) is 19.1 Å². The lowest BCUT2D eigenvalue weighted by Crippen LogP contribution is -1.93. The van der Waals surface area contributed by atoms with Crippen molar-refractivity contribution in [1.29, 1.82) is 5.26 Å². The average Bonchev–Trinajstić information content (AvgIpc) is 2.15. The third-order valence-corrected chi connectivity index (χ3v) is 1.30. The summed E-state index contributed by atoms with van der Waals surface area (Å²) in [5.74, 6) is 5.20. The first-order valence-corrected chi connectivity index (χ1v) is 3.78. The molecule has 1 atom stereocenters. The van der Waals surface area contributed by atoms with Crippen LogP contribution in [0.5, 0.6) is 0 Å². The van der Waals surface area contributed by atoms with Crippen molar-refractivity contribution in [3.63, 3.8) is 0 Å². The highest BCUT2D eigenvalue weighted by Gasteiger charge is 1.92. The molecular formula is C10H8N2O. The minimum absolute atomic E-state index is 0.500. The number of hydrogen-bond donors (Lipinski definition) is 1. The molecular weight excluding hydrogens is 164 g/mol. The zero-order chi connectivity index (χ0) is 9.68. The molecule has 0 aliphatic rings. The van der Waals surface area contributed by atoms with E-state index in [0.717, 1.165) is 0 Å². The summed E-state index contributed by atoms with van der Waals surface area (Å²) in [5.41, 5.74) is 1.02. The number of aliphatic hydroxyl groups excluding tert-OH is 1. The second kappa shape index (κ2) is 4.25. The number of pyridine rings is 1. The summed E-state index contributed by atoms with van der Waals surface area (Å²) in [4.78, 5) is 3.92. The van der Waals surface area contributed by atoms with Gasteiger partial charge in [-0.3, -0.25) is 0 Å². The Morgan fingerprint density at radius 1 is 1.62 bits per heavy atom. The fourth-order valence-electron chi connectivity index (χ4n) is 0.747. The van der Waals surface area contributed by atoms with E-state index in [-0.39, 0.29) is 0 Å². The maximum absolute atomic E-state index is 8.87. The predicted octanol–water partition coefficient (Wildman–Crippen LogP) is 0.686. The highest BCUT2D eigenvalue weighted by atomic mass is 16.3. The molecule has 0 bridgehead atoms. The smallest absolute Gasteiger partial charge is 0.114 e. The summed E-state index contributed by atoms with van der Waals surface area (Å²) in [7, 11) is 0. The molecule has 3 nitrogen and oxygen atoms in total. The highest BCUT2D eigenvalue weighted by molar-refractivity contribution is 5.36. The van der Waals surface area contributed by atoms with Crippen LogP contribution in [0.4, 0.5) is 0 Å². The highest BCUT2D eigenvalue weighted by Crippen LogP contribution is 1.98. The molecule has 1 N–H and O–H groups in total. The van der Waals surface area contributed by atoms with Gasteiger partial charge in [-0.2, -0.15) is 5.26 Å². The van der Waals surface area contributed by atoms with Gasteiger partial charge >= 0.3 is 0 Å². The van der Waals surface area contributed by atoms with Crippen molar-refractivity contribution in [3.8, 4) is 17.9 Å². The Balaban J connectivity index is 2.93. The zero-order valence-electron chi connectivity index (χ0n) is 7.15. The van der Waals surface area contributed by atoms with Crippen molar-refractivity contribution in [2.24, 2.45) is 0 Å². The van der Waals surface area contributed by atoms with E-state index in [1.165, 1.54) is 6.20 Å². The normalized spacial score (nSPS) is 10.8. The lowest BCUT2D eigenvalue weighted by Gasteiger charge is -1.90. The second-order valence-electron chi connectivity index (χ2n) is 2.49. The van der Waals surface area contributed by atoms with Gasteiger partial charge in [0.2, 0.25) is 0 Å². The SMILES string of the molecule is CC(O)C#Cc1cc(C#N)ccn1. The van der Waals surface area contributed by atoms with E-state index < -0.39 is 6.10 Å². The molecule has 0 amide bonds. The first-order chi connectivity index (χ1) is 6.22. The van der Waals surface area contributed by atoms with Gasteiger partial charge in [0.25, 0.3) is 0 Å². The number of hydrogen-bond acceptors (Lipinski definition) is 3. The Hall–Kier alpha value is -1.84. The summed E-state index contributed by atoms with van der Waals surface area (Å²) in [5, 5.41) is 17.4. The van der Waals surface area contributed by atoms with E-state index in [2.05, 4.69) is 16.8 Å². The molecule has 1 rings (SSSR count). The van der Waals surface area contributed by atoms with Crippen LogP contribution in [0.25, 0.3) is 0 Å². The summed E-state index contributed by atoms with van der Waals surface area (Å²) in [6, 6.07) is 5.17. The molecule has 0 radical (unpaired) electrons. The maximum atomic E-state index is 8.87. The van der Waals surface area contributed by atoms with Crippen molar-refractivity contribution in [1.82, 2.24) is 4.98 Å². The third kappa shape index (κ3) is 2.94. The predicted molar refractivity (Wildman–Crippen MR) is 47.5 cm³/mol. The van der Waals surface area contributed by atoms with Crippen molar-refractivity contribution in [2.45, 2.75) is 13.0 Å². The Morgan fingerprint density at radius 2 is 2.38 bits per heavy atom. The molecule has 0 saturated carbocycles. The van der Waals surface area contributed by atoms with Crippen LogP contribution >= 0.6 is 0 Å². The topological polar surface area (TPSA) is 56.9 Å². The van der Waals surface area contributed by atoms with E-state index >= 15 is 0 Å². The van der Waals surface area contributed by atoms with Gasteiger partial charge in [-0.15, -0.1) is 0 Å². The van der Waals surface area contributed by atoms with Gasteiger partial charge in [-0.05, 0) is 25.0 Å². The number of nitrogens with zero attached hydrogens (tertiary/aromatic N) is 2. The Morgan fingerprint density at radius 3 is 3.00 bits per heavy atom. The van der Waals surface area contributed by atoms with E-state index in [9.17, 15) is 0 Å². The third-order valence-electron chi connectivity index (χ3n) is 1.30. The number of aliphatic hydroxyl groups is 1. The van der Waals surface area contributed by atoms with Crippen LogP contribution in [0.2, 0.25) is 0 Å². The van der Waals surface area contributed by atoms with E-state index in [4.69, 9.17) is 10.4 Å². The van der Waals surface area contributed by atoms with Crippen LogP contribution in [0.15, 0.2) is 18.3 Å². The lowest BCUT2D eigenvalue weighted by molar-refractivity contribution is 0.253. The van der Waals surface area contributed by atoms with E-state index in [0.29, 0.717) is 11.3 Å². The molecule has 13 heavy (non-hydrogen) atoms. The molecule has 0 aliphatic carbocycles. The van der Waals surface area contributed by atoms with Crippen molar-refractivity contribution in [3.05, 3.63) is 29.6 Å². The van der Waals surface area contributed by atoms with Gasteiger partial charge in [0.15, 0.2) is 0 Å². The van der Waals surface area contributed by atoms with Crippen LogP contribution in [-0.4, -0.2) is 16.2 Å². The van der Waals surface area contributed by atoms with Gasteiger partial charge in [0, 0.05) is 6.20 Å². The van der Waals surface area contributed by atoms with E-state index in [1.807, 2.05) is 6.07 Å². The maximum Gasteiger partial charge on any atom is 0.114 e. The van der Waals surface area contributed by atoms with Crippen LogP contribution < -0.4 is 0 Å². The number of nitriles is 1. The monoisotopic (exact) mass is 172 g/mol. The summed E-state index contributed by atoms with van der Waals surface area (Å²) in [6.45, 7) is 1.57. The molecule has 1 unspecified atom stereocenters. The lowest BCUT2D eigenvalue weighted by atomic mass is 10.2. The average molecular weight is 172 g/mol. The molecule has 0 saturated heterocycles. The minimum atomic E-state index is -0.674. The molecule has 3 heteroatoms. The molecule has 64 valence electrons. The molecule has 0 spiro atoms. The summed E-state index contributed by atoms with van der Waals surface area (Å²) < 4.78 is 0. The van der Waals surface area contributed by atoms with Gasteiger partial charge in [-0.25, -0.2) is 4.98 Å². The van der Waals surface area contributed by atoms with Gasteiger partial charge < -0.3 is 5.11 Å². The fourth-order valence-corrected chi connectivity index (χ4v) is 0.747. The van der Waals surface area contributed by atoms with Gasteiger partial charge in [0.1, 0.15) is 11.8 Å². The number of rotatable bonds is 0. The van der Waals surface area contributed by atoms with Crippen molar-refractivity contribution >= 4 is 0 Å². The van der Waals surface area contributed by atoms with Gasteiger partial charge in [0.05, 0.1) is 11.6 Å². The molecule has 0 fully saturated rings. The molecule has 1 aromatic rings. The van der Waals surface area contributed by atoms with Crippen molar-refractivity contribution in [2.75, 3.05) is 0 Å². The molecule has 0 aliphatic heterocycles. The molecule has 1 aromatic heterocycles. The largest absolute Gasteiger partial charge is 0.381 e. The standard InChI is InChI=1S/C10H8N2O/c1-8(13)2-3-10-6-9(7-11)4-5-12-10/h4-6,8,13H,1H3. The first kappa shape index (κ1) is 9.25. The second-order valence-corrected chi connectivity index (χ2v) is 2.49. The molecule has 0 aromatic carbocycles. The van der Waals surface area contributed by atoms with Gasteiger partial charge in [-0.1, -0.05) is 5.92 Å². The Bertz CT molecular complexity index is 393. The van der Waals surface area contributed by atoms with Crippen LogP contribution in [0, 0.1) is 23.2 Å². The summed E-state index contributed by atoms with van der Waals surface area (Å²) >= 11 is 0.